The largest absolute Gasteiger partial charge is 0.267 e. The lowest BCUT2D eigenvalue weighted by molar-refractivity contribution is 0.558. The molecular weight excluding hydrogens is 313 g/mol. The maximum Gasteiger partial charge on any atom is 0.131 e. The van der Waals surface area contributed by atoms with E-state index in [4.69, 9.17) is 0 Å². The predicted octanol–water partition coefficient (Wildman–Crippen LogP) is 2.81. The van der Waals surface area contributed by atoms with E-state index in [0.717, 1.165) is 9.77 Å². The molecule has 0 radical (unpaired) electrons. The minimum atomic E-state index is -0.564. The minimum absolute atomic E-state index is 0.315. The summed E-state index contributed by atoms with van der Waals surface area (Å²) in [5.74, 6) is -1.10. The molecule has 0 atom stereocenters. The van der Waals surface area contributed by atoms with Crippen LogP contribution in [0.25, 0.3) is 0 Å². The van der Waals surface area contributed by atoms with E-state index in [1.54, 1.807) is 10.9 Å². The third-order valence-electron chi connectivity index (χ3n) is 1.96. The Kier molecular flexibility index (Phi) is 2.99. The molecule has 15 heavy (non-hydrogen) atoms. The molecule has 2 aromatic rings. The first kappa shape index (κ1) is 10.5. The SMILES string of the molecule is Fc1ccc(Cn2ccc(I)n2)c(F)c1. The van der Waals surface area contributed by atoms with Gasteiger partial charge in [-0.3, -0.25) is 4.68 Å². The molecule has 0 saturated carbocycles. The number of aromatic nitrogens is 2. The quantitative estimate of drug-likeness (QED) is 0.778. The fraction of sp³-hybridized carbons (Fsp3) is 0.100. The van der Waals surface area contributed by atoms with Crippen molar-refractivity contribution in [1.29, 1.82) is 0 Å². The van der Waals surface area contributed by atoms with Crippen molar-refractivity contribution in [3.8, 4) is 0 Å². The van der Waals surface area contributed by atoms with Crippen LogP contribution in [0.2, 0.25) is 0 Å². The summed E-state index contributed by atoms with van der Waals surface area (Å²) >= 11 is 2.07. The fourth-order valence-electron chi connectivity index (χ4n) is 1.25. The molecule has 0 aliphatic heterocycles. The number of rotatable bonds is 2. The number of halogens is 3. The van der Waals surface area contributed by atoms with Gasteiger partial charge in [0, 0.05) is 17.8 Å². The van der Waals surface area contributed by atoms with Crippen molar-refractivity contribution in [1.82, 2.24) is 9.78 Å². The highest BCUT2D eigenvalue weighted by atomic mass is 127. The second-order valence-electron chi connectivity index (χ2n) is 3.07. The van der Waals surface area contributed by atoms with E-state index in [-0.39, 0.29) is 0 Å². The van der Waals surface area contributed by atoms with Crippen LogP contribution in [0, 0.1) is 15.3 Å². The van der Waals surface area contributed by atoms with Crippen LogP contribution in [-0.4, -0.2) is 9.78 Å². The molecule has 0 saturated heterocycles. The van der Waals surface area contributed by atoms with Crippen LogP contribution < -0.4 is 0 Å². The van der Waals surface area contributed by atoms with Crippen LogP contribution in [0.15, 0.2) is 30.5 Å². The Morgan fingerprint density at radius 3 is 2.67 bits per heavy atom. The zero-order chi connectivity index (χ0) is 10.8. The normalized spacial score (nSPS) is 10.6. The van der Waals surface area contributed by atoms with E-state index in [1.807, 2.05) is 6.07 Å². The van der Waals surface area contributed by atoms with E-state index in [1.165, 1.54) is 12.1 Å². The molecule has 0 amide bonds. The Hall–Kier alpha value is -0.980. The molecule has 2 rings (SSSR count). The molecule has 0 aliphatic carbocycles. The van der Waals surface area contributed by atoms with Crippen LogP contribution in [0.4, 0.5) is 8.78 Å². The Morgan fingerprint density at radius 1 is 1.27 bits per heavy atom. The van der Waals surface area contributed by atoms with Crippen molar-refractivity contribution >= 4 is 22.6 Å². The van der Waals surface area contributed by atoms with Gasteiger partial charge in [-0.15, -0.1) is 0 Å². The van der Waals surface area contributed by atoms with Crippen molar-refractivity contribution in [2.24, 2.45) is 0 Å². The van der Waals surface area contributed by atoms with Crippen molar-refractivity contribution in [2.45, 2.75) is 6.54 Å². The van der Waals surface area contributed by atoms with E-state index >= 15 is 0 Å². The molecule has 2 nitrogen and oxygen atoms in total. The van der Waals surface area contributed by atoms with Crippen molar-refractivity contribution in [2.75, 3.05) is 0 Å². The number of hydrogen-bond acceptors (Lipinski definition) is 1. The van der Waals surface area contributed by atoms with Crippen LogP contribution >= 0.6 is 22.6 Å². The summed E-state index contributed by atoms with van der Waals surface area (Å²) in [6.45, 7) is 0.315. The first-order valence-electron chi connectivity index (χ1n) is 4.28. The second kappa shape index (κ2) is 4.26. The fourth-order valence-corrected chi connectivity index (χ4v) is 1.69. The molecule has 0 bridgehead atoms. The van der Waals surface area contributed by atoms with E-state index in [0.29, 0.717) is 12.1 Å². The number of benzene rings is 1. The van der Waals surface area contributed by atoms with Crippen molar-refractivity contribution in [3.63, 3.8) is 0 Å². The van der Waals surface area contributed by atoms with Gasteiger partial charge in [0.1, 0.15) is 15.3 Å². The Morgan fingerprint density at radius 2 is 2.07 bits per heavy atom. The summed E-state index contributed by atoms with van der Waals surface area (Å²) in [6, 6.07) is 5.37. The molecule has 0 spiro atoms. The molecule has 0 fully saturated rings. The smallest absolute Gasteiger partial charge is 0.131 e. The monoisotopic (exact) mass is 320 g/mol. The highest BCUT2D eigenvalue weighted by Gasteiger charge is 2.04. The van der Waals surface area contributed by atoms with Gasteiger partial charge in [-0.2, -0.15) is 5.10 Å². The average Bonchev–Trinajstić information content (AvgIpc) is 2.56. The topological polar surface area (TPSA) is 17.8 Å². The zero-order valence-electron chi connectivity index (χ0n) is 7.62. The van der Waals surface area contributed by atoms with Crippen LogP contribution in [0.1, 0.15) is 5.56 Å². The molecule has 0 aliphatic rings. The van der Waals surface area contributed by atoms with Gasteiger partial charge in [0.2, 0.25) is 0 Å². The van der Waals surface area contributed by atoms with Crippen LogP contribution in [0.5, 0.6) is 0 Å². The second-order valence-corrected chi connectivity index (χ2v) is 4.18. The summed E-state index contributed by atoms with van der Waals surface area (Å²) in [5.41, 5.74) is 0.427. The lowest BCUT2D eigenvalue weighted by atomic mass is 10.2. The molecule has 5 heteroatoms. The Bertz CT molecular complexity index is 482. The van der Waals surface area contributed by atoms with Gasteiger partial charge in [0.05, 0.1) is 6.54 Å². The standard InChI is InChI=1S/C10H7F2IN2/c11-8-2-1-7(9(12)5-8)6-15-4-3-10(13)14-15/h1-5H,6H2. The molecule has 0 unspecified atom stereocenters. The van der Waals surface area contributed by atoms with E-state index < -0.39 is 11.6 Å². The van der Waals surface area contributed by atoms with Crippen molar-refractivity contribution < 1.29 is 8.78 Å². The third kappa shape index (κ3) is 2.53. The minimum Gasteiger partial charge on any atom is -0.267 e. The first-order chi connectivity index (χ1) is 7.15. The highest BCUT2D eigenvalue weighted by Crippen LogP contribution is 2.11. The molecule has 0 N–H and O–H groups in total. The summed E-state index contributed by atoms with van der Waals surface area (Å²) in [7, 11) is 0. The maximum atomic E-state index is 13.3. The lowest BCUT2D eigenvalue weighted by Gasteiger charge is -2.03. The predicted molar refractivity (Wildman–Crippen MR) is 60.4 cm³/mol. The Balaban J connectivity index is 2.24. The van der Waals surface area contributed by atoms with Gasteiger partial charge < -0.3 is 0 Å². The van der Waals surface area contributed by atoms with E-state index in [9.17, 15) is 8.78 Å². The molecule has 78 valence electrons. The van der Waals surface area contributed by atoms with Crippen LogP contribution in [0.3, 0.4) is 0 Å². The van der Waals surface area contributed by atoms with Gasteiger partial charge >= 0.3 is 0 Å². The van der Waals surface area contributed by atoms with E-state index in [2.05, 4.69) is 27.7 Å². The first-order valence-corrected chi connectivity index (χ1v) is 5.36. The van der Waals surface area contributed by atoms with Gasteiger partial charge in [-0.05, 0) is 34.7 Å². The summed E-state index contributed by atoms with van der Waals surface area (Å²) in [5, 5.41) is 4.11. The van der Waals surface area contributed by atoms with Gasteiger partial charge in [-0.1, -0.05) is 6.07 Å². The molecule has 1 aromatic carbocycles. The summed E-state index contributed by atoms with van der Waals surface area (Å²) < 4.78 is 28.3. The number of hydrogen-bond donors (Lipinski definition) is 0. The zero-order valence-corrected chi connectivity index (χ0v) is 9.78. The van der Waals surface area contributed by atoms with Crippen LogP contribution in [-0.2, 0) is 6.54 Å². The Labute approximate surface area is 99.1 Å². The lowest BCUT2D eigenvalue weighted by Crippen LogP contribution is -2.03. The molecular formula is C10H7F2IN2. The number of nitrogens with zero attached hydrogens (tertiary/aromatic N) is 2. The highest BCUT2D eigenvalue weighted by molar-refractivity contribution is 14.1. The van der Waals surface area contributed by atoms with Crippen molar-refractivity contribution in [3.05, 3.63) is 51.4 Å². The molecule has 1 heterocycles. The summed E-state index contributed by atoms with van der Waals surface area (Å²) in [4.78, 5) is 0. The maximum absolute atomic E-state index is 13.3. The molecule has 1 aromatic heterocycles. The van der Waals surface area contributed by atoms with Gasteiger partial charge in [0.15, 0.2) is 0 Å². The van der Waals surface area contributed by atoms with Gasteiger partial charge in [-0.25, -0.2) is 8.78 Å². The summed E-state index contributed by atoms with van der Waals surface area (Å²) in [6.07, 6.45) is 1.75. The third-order valence-corrected chi connectivity index (χ3v) is 2.53. The van der Waals surface area contributed by atoms with Gasteiger partial charge in [0.25, 0.3) is 0 Å². The average molecular weight is 320 g/mol.